The molecular weight excluding hydrogens is 374 g/mol. The summed E-state index contributed by atoms with van der Waals surface area (Å²) in [6.45, 7) is 6.47. The summed E-state index contributed by atoms with van der Waals surface area (Å²) in [7, 11) is -3.32. The van der Waals surface area contributed by atoms with Crippen molar-refractivity contribution in [3.05, 3.63) is 35.9 Å². The number of nitrogens with one attached hydrogen (secondary N) is 2. The van der Waals surface area contributed by atoms with Crippen LogP contribution in [0.1, 0.15) is 45.1 Å². The topological polar surface area (TPSA) is 70.9 Å². The molecule has 2 fully saturated rings. The van der Waals surface area contributed by atoms with Crippen LogP contribution in [0.5, 0.6) is 0 Å². The highest BCUT2D eigenvalue weighted by Gasteiger charge is 2.35. The normalized spacial score (nSPS) is 25.9. The molecule has 1 aromatic carbocycles. The minimum absolute atomic E-state index is 0.0405. The smallest absolute Gasteiger partial charge is 0.278 e. The van der Waals surface area contributed by atoms with E-state index in [1.807, 2.05) is 37.3 Å². The molecule has 1 heterocycles. The van der Waals surface area contributed by atoms with Gasteiger partial charge in [-0.2, -0.15) is 4.31 Å². The fourth-order valence-electron chi connectivity index (χ4n) is 4.38. The fraction of sp³-hybridized carbons (Fsp3) is 0.667. The molecule has 2 aliphatic rings. The van der Waals surface area contributed by atoms with Crippen molar-refractivity contribution in [2.75, 3.05) is 26.2 Å². The number of benzene rings is 1. The van der Waals surface area contributed by atoms with E-state index in [0.29, 0.717) is 32.1 Å². The van der Waals surface area contributed by atoms with Gasteiger partial charge in [0.25, 0.3) is 5.91 Å². The van der Waals surface area contributed by atoms with E-state index in [9.17, 15) is 13.2 Å². The maximum Gasteiger partial charge on any atom is 0.278 e. The number of amides is 1. The van der Waals surface area contributed by atoms with Crippen molar-refractivity contribution in [3.63, 3.8) is 0 Å². The number of hydrogen-bond acceptors (Lipinski definition) is 3. The standard InChI is InChI=1S/C21H33N3O3S/c1-17-8-6-7-11-20(17)22-21(25)18(2)23-12-14-24(15-13-23)28(26,27)16-19-9-4-3-5-10-19/h3-5,9-10,17-18,20H,6-8,11-16H2,1-2H3,(H,22,25)/p+1/t17-,18-,20+/m1/s1. The molecule has 6 nitrogen and oxygen atoms in total. The second kappa shape index (κ2) is 9.37. The third-order valence-corrected chi connectivity index (χ3v) is 8.24. The zero-order valence-corrected chi connectivity index (χ0v) is 17.9. The molecule has 1 saturated heterocycles. The SMILES string of the molecule is C[C@@H]1CCCC[C@@H]1NC(=O)[C@@H](C)[NH+]1CCN(S(=O)(=O)Cc2ccccc2)CC1. The molecule has 1 aliphatic carbocycles. The molecule has 1 amide bonds. The first kappa shape index (κ1) is 21.3. The molecule has 1 aliphatic heterocycles. The Morgan fingerprint density at radius 1 is 1.18 bits per heavy atom. The molecule has 0 unspecified atom stereocenters. The molecule has 1 aromatic rings. The molecule has 7 heteroatoms. The maximum atomic E-state index is 12.7. The molecule has 0 spiro atoms. The van der Waals surface area contributed by atoms with Gasteiger partial charge in [0, 0.05) is 6.04 Å². The predicted molar refractivity (Wildman–Crippen MR) is 110 cm³/mol. The summed E-state index contributed by atoms with van der Waals surface area (Å²) in [4.78, 5) is 13.9. The third-order valence-electron chi connectivity index (χ3n) is 6.39. The zero-order valence-electron chi connectivity index (χ0n) is 17.1. The van der Waals surface area contributed by atoms with Crippen LogP contribution >= 0.6 is 0 Å². The number of quaternary nitrogens is 1. The first-order chi connectivity index (χ1) is 13.4. The molecular formula is C21H34N3O3S+. The van der Waals surface area contributed by atoms with Gasteiger partial charge in [0.15, 0.2) is 6.04 Å². The minimum atomic E-state index is -3.32. The fourth-order valence-corrected chi connectivity index (χ4v) is 5.92. The van der Waals surface area contributed by atoms with Gasteiger partial charge in [0.2, 0.25) is 10.0 Å². The van der Waals surface area contributed by atoms with E-state index >= 15 is 0 Å². The predicted octanol–water partition coefficient (Wildman–Crippen LogP) is 0.800. The largest absolute Gasteiger partial charge is 0.348 e. The van der Waals surface area contributed by atoms with E-state index in [2.05, 4.69) is 12.2 Å². The van der Waals surface area contributed by atoms with Crippen molar-refractivity contribution in [1.82, 2.24) is 9.62 Å². The lowest BCUT2D eigenvalue weighted by Gasteiger charge is -2.35. The number of rotatable bonds is 6. The second-order valence-electron chi connectivity index (χ2n) is 8.40. The Bertz CT molecular complexity index is 745. The van der Waals surface area contributed by atoms with Crippen molar-refractivity contribution in [2.24, 2.45) is 5.92 Å². The zero-order chi connectivity index (χ0) is 20.1. The lowest BCUT2D eigenvalue weighted by atomic mass is 9.86. The molecule has 156 valence electrons. The molecule has 0 bridgehead atoms. The molecule has 0 radical (unpaired) electrons. The molecule has 3 rings (SSSR count). The van der Waals surface area contributed by atoms with Gasteiger partial charge in [-0.05, 0) is 31.2 Å². The van der Waals surface area contributed by atoms with Gasteiger partial charge in [-0.3, -0.25) is 4.79 Å². The van der Waals surface area contributed by atoms with E-state index in [1.165, 1.54) is 24.2 Å². The van der Waals surface area contributed by atoms with E-state index in [4.69, 9.17) is 0 Å². The molecule has 28 heavy (non-hydrogen) atoms. The lowest BCUT2D eigenvalue weighted by molar-refractivity contribution is -0.917. The van der Waals surface area contributed by atoms with Gasteiger partial charge < -0.3 is 10.2 Å². The van der Waals surface area contributed by atoms with Crippen LogP contribution in [0.3, 0.4) is 0 Å². The number of nitrogens with zero attached hydrogens (tertiary/aromatic N) is 1. The van der Waals surface area contributed by atoms with Crippen LogP contribution in [0.2, 0.25) is 0 Å². The van der Waals surface area contributed by atoms with Crippen LogP contribution in [0.25, 0.3) is 0 Å². The van der Waals surface area contributed by atoms with Gasteiger partial charge >= 0.3 is 0 Å². The number of carbonyl (C=O) groups is 1. The van der Waals surface area contributed by atoms with Crippen molar-refractivity contribution in [2.45, 2.75) is 57.4 Å². The van der Waals surface area contributed by atoms with E-state index in [1.54, 1.807) is 4.31 Å². The van der Waals surface area contributed by atoms with E-state index in [-0.39, 0.29) is 23.7 Å². The summed E-state index contributed by atoms with van der Waals surface area (Å²) < 4.78 is 27.0. The summed E-state index contributed by atoms with van der Waals surface area (Å²) in [5.41, 5.74) is 0.812. The number of carbonyl (C=O) groups excluding carboxylic acids is 1. The van der Waals surface area contributed by atoms with Gasteiger partial charge in [0.05, 0.1) is 31.9 Å². The molecule has 3 atom stereocenters. The van der Waals surface area contributed by atoms with Crippen LogP contribution in [0, 0.1) is 5.92 Å². The molecule has 2 N–H and O–H groups in total. The minimum Gasteiger partial charge on any atom is -0.348 e. The van der Waals surface area contributed by atoms with Crippen LogP contribution < -0.4 is 10.2 Å². The number of hydrogen-bond donors (Lipinski definition) is 2. The molecule has 0 aromatic heterocycles. The van der Waals surface area contributed by atoms with Gasteiger partial charge in [-0.15, -0.1) is 0 Å². The van der Waals surface area contributed by atoms with Crippen molar-refractivity contribution >= 4 is 15.9 Å². The third kappa shape index (κ3) is 5.33. The summed E-state index contributed by atoms with van der Waals surface area (Å²) in [5.74, 6) is 0.688. The Kier molecular flexibility index (Phi) is 7.12. The Hall–Kier alpha value is -1.44. The summed E-state index contributed by atoms with van der Waals surface area (Å²) >= 11 is 0. The van der Waals surface area contributed by atoms with Crippen molar-refractivity contribution in [3.8, 4) is 0 Å². The summed E-state index contributed by atoms with van der Waals surface area (Å²) in [6.07, 6.45) is 4.70. The van der Waals surface area contributed by atoms with E-state index < -0.39 is 10.0 Å². The van der Waals surface area contributed by atoms with Gasteiger partial charge in [0.1, 0.15) is 0 Å². The highest BCUT2D eigenvalue weighted by atomic mass is 32.2. The summed E-state index contributed by atoms with van der Waals surface area (Å²) in [6, 6.07) is 9.44. The van der Waals surface area contributed by atoms with Crippen LogP contribution in [0.4, 0.5) is 0 Å². The van der Waals surface area contributed by atoms with Crippen LogP contribution in [0.15, 0.2) is 30.3 Å². The molecule has 1 saturated carbocycles. The Morgan fingerprint density at radius 2 is 1.82 bits per heavy atom. The van der Waals surface area contributed by atoms with Crippen molar-refractivity contribution < 1.29 is 18.1 Å². The average molecular weight is 409 g/mol. The average Bonchev–Trinajstić information content (AvgIpc) is 2.69. The van der Waals surface area contributed by atoms with Crippen molar-refractivity contribution in [1.29, 1.82) is 0 Å². The first-order valence-corrected chi connectivity index (χ1v) is 12.1. The second-order valence-corrected chi connectivity index (χ2v) is 10.4. The van der Waals surface area contributed by atoms with Crippen LogP contribution in [-0.2, 0) is 20.6 Å². The first-order valence-electron chi connectivity index (χ1n) is 10.5. The Balaban J connectivity index is 1.50. The maximum absolute atomic E-state index is 12.7. The lowest BCUT2D eigenvalue weighted by Crippen LogP contribution is -3.19. The quantitative estimate of drug-likeness (QED) is 0.732. The van der Waals surface area contributed by atoms with Crippen LogP contribution in [-0.4, -0.2) is 56.9 Å². The monoisotopic (exact) mass is 408 g/mol. The number of piperazine rings is 1. The van der Waals surface area contributed by atoms with Gasteiger partial charge in [-0.1, -0.05) is 50.1 Å². The number of sulfonamides is 1. The summed E-state index contributed by atoms with van der Waals surface area (Å²) in [5, 5.41) is 3.25. The van der Waals surface area contributed by atoms with E-state index in [0.717, 1.165) is 12.0 Å². The Labute approximate surface area is 169 Å². The highest BCUT2D eigenvalue weighted by molar-refractivity contribution is 7.88. The Morgan fingerprint density at radius 3 is 2.46 bits per heavy atom. The van der Waals surface area contributed by atoms with Gasteiger partial charge in [-0.25, -0.2) is 8.42 Å². The highest BCUT2D eigenvalue weighted by Crippen LogP contribution is 2.23.